The average Bonchev–Trinajstić information content (AvgIpc) is 2.95. The standard InChI is InChI=1S/C15H28N2O3/c1-3-5-14(15(18)20-4-2)17-7-6-13(12-17)16-8-10-19-11-9-16/h13-14H,3-12H2,1-2H3. The summed E-state index contributed by atoms with van der Waals surface area (Å²) in [6.07, 6.45) is 3.07. The second kappa shape index (κ2) is 7.96. The monoisotopic (exact) mass is 284 g/mol. The largest absolute Gasteiger partial charge is 0.465 e. The third kappa shape index (κ3) is 3.93. The van der Waals surface area contributed by atoms with E-state index in [9.17, 15) is 4.79 Å². The van der Waals surface area contributed by atoms with Crippen molar-refractivity contribution in [3.05, 3.63) is 0 Å². The van der Waals surface area contributed by atoms with Crippen molar-refractivity contribution in [1.82, 2.24) is 9.80 Å². The predicted octanol–water partition coefficient (Wildman–Crippen LogP) is 1.12. The molecule has 116 valence electrons. The molecule has 5 heteroatoms. The molecule has 2 rings (SSSR count). The summed E-state index contributed by atoms with van der Waals surface area (Å²) < 4.78 is 10.6. The van der Waals surface area contributed by atoms with Gasteiger partial charge in [-0.25, -0.2) is 0 Å². The van der Waals surface area contributed by atoms with E-state index in [0.717, 1.165) is 58.7 Å². The van der Waals surface area contributed by atoms with Crippen molar-refractivity contribution in [3.63, 3.8) is 0 Å². The second-order valence-electron chi connectivity index (χ2n) is 5.64. The molecule has 5 nitrogen and oxygen atoms in total. The maximum atomic E-state index is 12.1. The Labute approximate surface area is 122 Å². The van der Waals surface area contributed by atoms with Gasteiger partial charge in [0.05, 0.1) is 19.8 Å². The molecule has 2 atom stereocenters. The van der Waals surface area contributed by atoms with E-state index >= 15 is 0 Å². The highest BCUT2D eigenvalue weighted by atomic mass is 16.5. The summed E-state index contributed by atoms with van der Waals surface area (Å²) in [6, 6.07) is 0.527. The molecule has 0 bridgehead atoms. The quantitative estimate of drug-likeness (QED) is 0.684. The fourth-order valence-electron chi connectivity index (χ4n) is 3.25. The van der Waals surface area contributed by atoms with Gasteiger partial charge in [-0.2, -0.15) is 0 Å². The molecule has 0 spiro atoms. The van der Waals surface area contributed by atoms with Crippen molar-refractivity contribution in [2.75, 3.05) is 46.0 Å². The molecule has 20 heavy (non-hydrogen) atoms. The minimum Gasteiger partial charge on any atom is -0.465 e. The van der Waals surface area contributed by atoms with Crippen LogP contribution in [0.2, 0.25) is 0 Å². The van der Waals surface area contributed by atoms with E-state index in [1.54, 1.807) is 0 Å². The van der Waals surface area contributed by atoms with E-state index < -0.39 is 0 Å². The molecular weight excluding hydrogens is 256 g/mol. The number of likely N-dealkylation sites (tertiary alicyclic amines) is 1. The van der Waals surface area contributed by atoms with Crippen LogP contribution >= 0.6 is 0 Å². The number of esters is 1. The summed E-state index contributed by atoms with van der Waals surface area (Å²) >= 11 is 0. The van der Waals surface area contributed by atoms with Crippen LogP contribution in [0.1, 0.15) is 33.1 Å². The van der Waals surface area contributed by atoms with Gasteiger partial charge in [-0.05, 0) is 19.8 Å². The van der Waals surface area contributed by atoms with Gasteiger partial charge in [0.2, 0.25) is 0 Å². The summed E-state index contributed by atoms with van der Waals surface area (Å²) in [6.45, 7) is 10.2. The molecule has 0 aromatic carbocycles. The SMILES string of the molecule is CCCC(C(=O)OCC)N1CCC(N2CCOCC2)C1. The molecule has 2 aliphatic heterocycles. The molecule has 2 aliphatic rings. The number of nitrogens with zero attached hydrogens (tertiary/aromatic N) is 2. The first-order valence-corrected chi connectivity index (χ1v) is 7.98. The van der Waals surface area contributed by atoms with Gasteiger partial charge in [-0.3, -0.25) is 14.6 Å². The molecule has 0 amide bonds. The fourth-order valence-corrected chi connectivity index (χ4v) is 3.25. The van der Waals surface area contributed by atoms with Crippen LogP contribution in [0.15, 0.2) is 0 Å². The lowest BCUT2D eigenvalue weighted by Gasteiger charge is -2.33. The highest BCUT2D eigenvalue weighted by molar-refractivity contribution is 5.75. The maximum Gasteiger partial charge on any atom is 0.323 e. The number of rotatable bonds is 6. The smallest absolute Gasteiger partial charge is 0.323 e. The summed E-state index contributed by atoms with van der Waals surface area (Å²) in [5, 5.41) is 0. The minimum atomic E-state index is -0.0500. The van der Waals surface area contributed by atoms with Crippen molar-refractivity contribution < 1.29 is 14.3 Å². The number of carbonyl (C=O) groups excluding carboxylic acids is 1. The Morgan fingerprint density at radius 1 is 1.30 bits per heavy atom. The first-order chi connectivity index (χ1) is 9.76. The number of hydrogen-bond donors (Lipinski definition) is 0. The van der Waals surface area contributed by atoms with E-state index in [1.165, 1.54) is 0 Å². The van der Waals surface area contributed by atoms with Gasteiger partial charge in [0.15, 0.2) is 0 Å². The summed E-state index contributed by atoms with van der Waals surface area (Å²) in [7, 11) is 0. The number of ether oxygens (including phenoxy) is 2. The fraction of sp³-hybridized carbons (Fsp3) is 0.933. The van der Waals surface area contributed by atoms with Crippen LogP contribution in [0.25, 0.3) is 0 Å². The van der Waals surface area contributed by atoms with Gasteiger partial charge >= 0.3 is 5.97 Å². The lowest BCUT2D eigenvalue weighted by molar-refractivity contribution is -0.149. The summed E-state index contributed by atoms with van der Waals surface area (Å²) in [5.74, 6) is -0.0445. The average molecular weight is 284 g/mol. The third-order valence-corrected chi connectivity index (χ3v) is 4.32. The lowest BCUT2D eigenvalue weighted by Crippen LogP contribution is -2.47. The molecular formula is C15H28N2O3. The molecule has 2 saturated heterocycles. The zero-order valence-corrected chi connectivity index (χ0v) is 12.8. The van der Waals surface area contributed by atoms with E-state index in [4.69, 9.17) is 9.47 Å². The highest BCUT2D eigenvalue weighted by Gasteiger charge is 2.35. The Kier molecular flexibility index (Phi) is 6.26. The van der Waals surface area contributed by atoms with Crippen LogP contribution < -0.4 is 0 Å². The molecule has 2 heterocycles. The number of carbonyl (C=O) groups is 1. The van der Waals surface area contributed by atoms with E-state index in [-0.39, 0.29) is 12.0 Å². The summed E-state index contributed by atoms with van der Waals surface area (Å²) in [5.41, 5.74) is 0. The van der Waals surface area contributed by atoms with Gasteiger partial charge in [-0.1, -0.05) is 13.3 Å². The maximum absolute atomic E-state index is 12.1. The van der Waals surface area contributed by atoms with E-state index in [2.05, 4.69) is 16.7 Å². The van der Waals surface area contributed by atoms with E-state index in [0.29, 0.717) is 12.6 Å². The minimum absolute atomic E-state index is 0.0445. The Balaban J connectivity index is 1.89. The molecule has 0 aliphatic carbocycles. The van der Waals surface area contributed by atoms with Crippen LogP contribution in [0.5, 0.6) is 0 Å². The van der Waals surface area contributed by atoms with Gasteiger partial charge in [-0.15, -0.1) is 0 Å². The van der Waals surface area contributed by atoms with Gasteiger partial charge < -0.3 is 9.47 Å². The highest BCUT2D eigenvalue weighted by Crippen LogP contribution is 2.21. The number of hydrogen-bond acceptors (Lipinski definition) is 5. The van der Waals surface area contributed by atoms with Crippen molar-refractivity contribution in [2.45, 2.75) is 45.2 Å². The van der Waals surface area contributed by atoms with Crippen LogP contribution in [-0.2, 0) is 14.3 Å². The topological polar surface area (TPSA) is 42.0 Å². The number of morpholine rings is 1. The molecule has 2 fully saturated rings. The lowest BCUT2D eigenvalue weighted by atomic mass is 10.1. The van der Waals surface area contributed by atoms with Crippen LogP contribution in [0, 0.1) is 0 Å². The molecule has 0 radical (unpaired) electrons. The van der Waals surface area contributed by atoms with Crippen molar-refractivity contribution in [2.24, 2.45) is 0 Å². The van der Waals surface area contributed by atoms with E-state index in [1.807, 2.05) is 6.92 Å². The van der Waals surface area contributed by atoms with Gasteiger partial charge in [0.1, 0.15) is 6.04 Å². The zero-order chi connectivity index (χ0) is 14.4. The summed E-state index contributed by atoms with van der Waals surface area (Å²) in [4.78, 5) is 16.9. The Bertz CT molecular complexity index is 305. The van der Waals surface area contributed by atoms with Crippen molar-refractivity contribution in [3.8, 4) is 0 Å². The van der Waals surface area contributed by atoms with Crippen molar-refractivity contribution in [1.29, 1.82) is 0 Å². The molecule has 0 saturated carbocycles. The molecule has 0 aromatic heterocycles. The van der Waals surface area contributed by atoms with Crippen LogP contribution in [-0.4, -0.2) is 73.9 Å². The molecule has 0 aromatic rings. The Morgan fingerprint density at radius 2 is 2.05 bits per heavy atom. The Morgan fingerprint density at radius 3 is 2.70 bits per heavy atom. The predicted molar refractivity (Wildman–Crippen MR) is 77.7 cm³/mol. The Hall–Kier alpha value is -0.650. The zero-order valence-electron chi connectivity index (χ0n) is 12.8. The first-order valence-electron chi connectivity index (χ1n) is 7.98. The van der Waals surface area contributed by atoms with Crippen LogP contribution in [0.4, 0.5) is 0 Å². The molecule has 0 N–H and O–H groups in total. The van der Waals surface area contributed by atoms with Gasteiger partial charge in [0.25, 0.3) is 0 Å². The third-order valence-electron chi connectivity index (χ3n) is 4.32. The van der Waals surface area contributed by atoms with Crippen molar-refractivity contribution >= 4 is 5.97 Å². The van der Waals surface area contributed by atoms with Gasteiger partial charge in [0, 0.05) is 32.2 Å². The second-order valence-corrected chi connectivity index (χ2v) is 5.64. The normalized spacial score (nSPS) is 26.6. The molecule has 2 unspecified atom stereocenters. The van der Waals surface area contributed by atoms with Crippen LogP contribution in [0.3, 0.4) is 0 Å². The first kappa shape index (κ1) is 15.7.